The SMILES string of the molecule is CCOC(=O)CC1N=C(NC(=O)N(C2CCCCC2)C2CCCCC2)SC1Br. The fraction of sp³-hybridized carbons (Fsp3) is 0.850. The number of halogens is 1. The number of ether oxygens (including phenoxy) is 1. The van der Waals surface area contributed by atoms with Crippen LogP contribution in [0.5, 0.6) is 0 Å². The Balaban J connectivity index is 1.64. The second-order valence-corrected chi connectivity index (χ2v) is 10.6. The van der Waals surface area contributed by atoms with Crippen LogP contribution in [0.2, 0.25) is 0 Å². The van der Waals surface area contributed by atoms with Crippen LogP contribution in [0, 0.1) is 0 Å². The van der Waals surface area contributed by atoms with Gasteiger partial charge in [0.15, 0.2) is 5.17 Å². The molecule has 3 aliphatic rings. The van der Waals surface area contributed by atoms with Crippen LogP contribution in [-0.4, -0.2) is 51.0 Å². The van der Waals surface area contributed by atoms with Crippen LogP contribution in [-0.2, 0) is 9.53 Å². The Morgan fingerprint density at radius 1 is 1.11 bits per heavy atom. The van der Waals surface area contributed by atoms with E-state index in [2.05, 4.69) is 31.1 Å². The lowest BCUT2D eigenvalue weighted by molar-refractivity contribution is -0.143. The maximum absolute atomic E-state index is 13.2. The van der Waals surface area contributed by atoms with E-state index in [1.165, 1.54) is 50.3 Å². The summed E-state index contributed by atoms with van der Waals surface area (Å²) in [5, 5.41) is 3.67. The average molecular weight is 474 g/mol. The van der Waals surface area contributed by atoms with Crippen molar-refractivity contribution in [3.8, 4) is 0 Å². The average Bonchev–Trinajstić information content (AvgIpc) is 3.02. The summed E-state index contributed by atoms with van der Waals surface area (Å²) in [7, 11) is 0. The van der Waals surface area contributed by atoms with Gasteiger partial charge in [0.1, 0.15) is 0 Å². The fourth-order valence-electron chi connectivity index (χ4n) is 4.52. The van der Waals surface area contributed by atoms with Crippen molar-refractivity contribution in [2.24, 2.45) is 4.99 Å². The zero-order chi connectivity index (χ0) is 19.9. The summed E-state index contributed by atoms with van der Waals surface area (Å²) in [6.45, 7) is 2.17. The summed E-state index contributed by atoms with van der Waals surface area (Å²) in [6, 6.07) is 0.469. The predicted molar refractivity (Wildman–Crippen MR) is 117 cm³/mol. The summed E-state index contributed by atoms with van der Waals surface area (Å²) in [5.74, 6) is -0.250. The van der Waals surface area contributed by atoms with Crippen molar-refractivity contribution < 1.29 is 14.3 Å². The van der Waals surface area contributed by atoms with Gasteiger partial charge in [-0.3, -0.25) is 15.1 Å². The summed E-state index contributed by atoms with van der Waals surface area (Å²) in [4.78, 5) is 31.7. The summed E-state index contributed by atoms with van der Waals surface area (Å²) in [5.41, 5.74) is 0. The van der Waals surface area contributed by atoms with Gasteiger partial charge in [-0.05, 0) is 32.6 Å². The smallest absolute Gasteiger partial charge is 0.323 e. The monoisotopic (exact) mass is 473 g/mol. The zero-order valence-corrected chi connectivity index (χ0v) is 19.1. The van der Waals surface area contributed by atoms with Gasteiger partial charge in [0.2, 0.25) is 0 Å². The highest BCUT2D eigenvalue weighted by Crippen LogP contribution is 2.34. The molecule has 0 saturated heterocycles. The number of nitrogens with zero attached hydrogens (tertiary/aromatic N) is 2. The van der Waals surface area contributed by atoms with E-state index < -0.39 is 0 Å². The Morgan fingerprint density at radius 2 is 1.68 bits per heavy atom. The Kier molecular flexibility index (Phi) is 8.51. The van der Waals surface area contributed by atoms with Gasteiger partial charge in [-0.25, -0.2) is 4.79 Å². The normalized spacial score (nSPS) is 26.6. The van der Waals surface area contributed by atoms with Gasteiger partial charge in [-0.1, -0.05) is 66.2 Å². The molecule has 2 unspecified atom stereocenters. The van der Waals surface area contributed by atoms with Crippen molar-refractivity contribution in [2.45, 2.75) is 99.8 Å². The number of hydrogen-bond donors (Lipinski definition) is 1. The number of thioether (sulfide) groups is 1. The molecule has 2 aliphatic carbocycles. The van der Waals surface area contributed by atoms with Gasteiger partial charge < -0.3 is 9.64 Å². The van der Waals surface area contributed by atoms with Crippen LogP contribution >= 0.6 is 27.7 Å². The summed E-state index contributed by atoms with van der Waals surface area (Å²) < 4.78 is 5.01. The van der Waals surface area contributed by atoms with E-state index >= 15 is 0 Å². The minimum absolute atomic E-state index is 0.0125. The van der Waals surface area contributed by atoms with Gasteiger partial charge in [0.05, 0.1) is 23.2 Å². The number of urea groups is 1. The van der Waals surface area contributed by atoms with Crippen LogP contribution in [0.4, 0.5) is 4.79 Å². The number of hydrogen-bond acceptors (Lipinski definition) is 5. The molecule has 0 bridgehead atoms. The van der Waals surface area contributed by atoms with Crippen molar-refractivity contribution in [3.05, 3.63) is 0 Å². The molecule has 2 fully saturated rings. The first-order valence-corrected chi connectivity index (χ1v) is 12.5. The Bertz CT molecular complexity index is 559. The highest BCUT2D eigenvalue weighted by Gasteiger charge is 2.35. The highest BCUT2D eigenvalue weighted by molar-refractivity contribution is 9.11. The lowest BCUT2D eigenvalue weighted by atomic mass is 9.89. The second kappa shape index (κ2) is 10.9. The largest absolute Gasteiger partial charge is 0.466 e. The van der Waals surface area contributed by atoms with Crippen molar-refractivity contribution in [3.63, 3.8) is 0 Å². The molecule has 0 spiro atoms. The number of alkyl halides is 1. The highest BCUT2D eigenvalue weighted by atomic mass is 79.9. The molecule has 8 heteroatoms. The van der Waals surface area contributed by atoms with Crippen molar-refractivity contribution in [1.29, 1.82) is 0 Å². The number of esters is 1. The molecule has 0 aromatic carbocycles. The van der Waals surface area contributed by atoms with E-state index in [9.17, 15) is 9.59 Å². The minimum atomic E-state index is -0.250. The molecule has 6 nitrogen and oxygen atoms in total. The third-order valence-corrected chi connectivity index (χ3v) is 8.02. The maximum Gasteiger partial charge on any atom is 0.323 e. The van der Waals surface area contributed by atoms with E-state index in [1.54, 1.807) is 6.92 Å². The van der Waals surface area contributed by atoms with Crippen molar-refractivity contribution >= 4 is 44.9 Å². The molecule has 0 radical (unpaired) electrons. The molecule has 1 aliphatic heterocycles. The number of nitrogens with one attached hydrogen (secondary N) is 1. The Labute approximate surface area is 180 Å². The third kappa shape index (κ3) is 5.88. The van der Waals surface area contributed by atoms with E-state index in [0.717, 1.165) is 25.7 Å². The van der Waals surface area contributed by atoms with E-state index in [4.69, 9.17) is 4.74 Å². The first kappa shape index (κ1) is 21.9. The van der Waals surface area contributed by atoms with Crippen molar-refractivity contribution in [1.82, 2.24) is 10.2 Å². The zero-order valence-electron chi connectivity index (χ0n) is 16.7. The van der Waals surface area contributed by atoms with Gasteiger partial charge in [-0.2, -0.15) is 0 Å². The molecule has 2 saturated carbocycles. The molecule has 158 valence electrons. The first-order valence-electron chi connectivity index (χ1n) is 10.7. The van der Waals surface area contributed by atoms with Gasteiger partial charge >= 0.3 is 12.0 Å². The van der Waals surface area contributed by atoms with Crippen LogP contribution in [0.1, 0.15) is 77.6 Å². The van der Waals surface area contributed by atoms with E-state index in [1.807, 2.05) is 0 Å². The van der Waals surface area contributed by atoms with E-state index in [-0.39, 0.29) is 28.6 Å². The third-order valence-electron chi connectivity index (χ3n) is 5.88. The summed E-state index contributed by atoms with van der Waals surface area (Å²) >= 11 is 5.05. The molecule has 1 N–H and O–H groups in total. The van der Waals surface area contributed by atoms with Crippen LogP contribution in [0.3, 0.4) is 0 Å². The van der Waals surface area contributed by atoms with Crippen molar-refractivity contribution in [2.75, 3.05) is 6.61 Å². The number of carbonyl (C=O) groups excluding carboxylic acids is 2. The molecule has 0 aromatic rings. The lowest BCUT2D eigenvalue weighted by Crippen LogP contribution is -2.53. The molecule has 1 heterocycles. The number of amides is 2. The number of amidine groups is 1. The minimum Gasteiger partial charge on any atom is -0.466 e. The topological polar surface area (TPSA) is 71.0 Å². The Hall–Kier alpha value is -0.760. The van der Waals surface area contributed by atoms with Gasteiger partial charge in [0, 0.05) is 12.1 Å². The predicted octanol–water partition coefficient (Wildman–Crippen LogP) is 4.81. The maximum atomic E-state index is 13.2. The molecule has 2 atom stereocenters. The van der Waals surface area contributed by atoms with Crippen LogP contribution in [0.15, 0.2) is 4.99 Å². The quantitative estimate of drug-likeness (QED) is 0.459. The molecule has 2 amide bonds. The van der Waals surface area contributed by atoms with Gasteiger partial charge in [-0.15, -0.1) is 0 Å². The molecular weight excluding hydrogens is 442 g/mol. The van der Waals surface area contributed by atoms with Gasteiger partial charge in [0.25, 0.3) is 0 Å². The van der Waals surface area contributed by atoms with E-state index in [0.29, 0.717) is 23.9 Å². The Morgan fingerprint density at radius 3 is 2.21 bits per heavy atom. The number of rotatable bonds is 5. The number of carbonyl (C=O) groups is 2. The molecule has 28 heavy (non-hydrogen) atoms. The first-order chi connectivity index (χ1) is 13.6. The standard InChI is InChI=1S/C20H32BrN3O3S/c1-2-27-17(25)13-16-18(21)28-19(22-16)23-20(26)24(14-9-5-3-6-10-14)15-11-7-4-8-12-15/h14-16,18H,2-13H2,1H3,(H,22,23,26). The second-order valence-electron chi connectivity index (χ2n) is 7.90. The molecule has 3 rings (SSSR count). The van der Waals surface area contributed by atoms with Crippen LogP contribution < -0.4 is 5.32 Å². The van der Waals surface area contributed by atoms with Crippen LogP contribution in [0.25, 0.3) is 0 Å². The fourth-order valence-corrected chi connectivity index (χ4v) is 6.23. The summed E-state index contributed by atoms with van der Waals surface area (Å²) in [6.07, 6.45) is 12.1. The molecule has 0 aromatic heterocycles. The number of aliphatic imine (C=N–C) groups is 1. The molecular formula is C20H32BrN3O3S. The lowest BCUT2D eigenvalue weighted by Gasteiger charge is -2.41.